The van der Waals surface area contributed by atoms with Crippen LogP contribution in [0.2, 0.25) is 0 Å². The zero-order chi connectivity index (χ0) is 15.5. The van der Waals surface area contributed by atoms with Gasteiger partial charge < -0.3 is 19.9 Å². The number of aliphatic hydroxyl groups is 1. The molecule has 0 saturated carbocycles. The van der Waals surface area contributed by atoms with Crippen LogP contribution in [-0.2, 0) is 19.6 Å². The van der Waals surface area contributed by atoms with E-state index in [9.17, 15) is 0 Å². The van der Waals surface area contributed by atoms with Gasteiger partial charge in [-0.15, -0.1) is 0 Å². The molecule has 2 aromatic rings. The van der Waals surface area contributed by atoms with Crippen LogP contribution in [0.1, 0.15) is 22.5 Å². The van der Waals surface area contributed by atoms with Gasteiger partial charge in [-0.2, -0.15) is 5.10 Å². The third-order valence-electron chi connectivity index (χ3n) is 3.94. The van der Waals surface area contributed by atoms with E-state index in [4.69, 9.17) is 14.6 Å². The predicted octanol–water partition coefficient (Wildman–Crippen LogP) is 1.51. The van der Waals surface area contributed by atoms with Crippen molar-refractivity contribution < 1.29 is 14.6 Å². The van der Waals surface area contributed by atoms with E-state index in [0.29, 0.717) is 19.9 Å². The first kappa shape index (κ1) is 14.9. The number of nitrogens with zero attached hydrogens (tertiary/aromatic N) is 2. The predicted molar refractivity (Wildman–Crippen MR) is 81.9 cm³/mol. The molecule has 2 N–H and O–H groups in total. The van der Waals surface area contributed by atoms with Crippen molar-refractivity contribution in [3.05, 3.63) is 40.7 Å². The van der Waals surface area contributed by atoms with Crippen molar-refractivity contribution in [1.82, 2.24) is 15.1 Å². The van der Waals surface area contributed by atoms with Gasteiger partial charge in [-0.1, -0.05) is 12.1 Å². The Kier molecular flexibility index (Phi) is 4.31. The summed E-state index contributed by atoms with van der Waals surface area (Å²) in [7, 11) is 0. The summed E-state index contributed by atoms with van der Waals surface area (Å²) < 4.78 is 12.7. The molecular formula is C16H21N3O3. The minimum atomic E-state index is 0.0995. The van der Waals surface area contributed by atoms with E-state index in [1.54, 1.807) is 0 Å². The summed E-state index contributed by atoms with van der Waals surface area (Å²) in [4.78, 5) is 0. The molecule has 118 valence electrons. The smallest absolute Gasteiger partial charge is 0.231 e. The number of para-hydroxylation sites is 1. The van der Waals surface area contributed by atoms with Crippen LogP contribution in [0.5, 0.6) is 11.5 Å². The fraction of sp³-hybridized carbons (Fsp3) is 0.438. The van der Waals surface area contributed by atoms with Gasteiger partial charge in [0.05, 0.1) is 18.8 Å². The lowest BCUT2D eigenvalue weighted by molar-refractivity contribution is 0.173. The number of rotatable bonds is 6. The van der Waals surface area contributed by atoms with Crippen LogP contribution in [0.25, 0.3) is 0 Å². The van der Waals surface area contributed by atoms with Crippen LogP contribution in [0.3, 0.4) is 0 Å². The lowest BCUT2D eigenvalue weighted by Crippen LogP contribution is -2.14. The fourth-order valence-electron chi connectivity index (χ4n) is 2.75. The van der Waals surface area contributed by atoms with E-state index in [0.717, 1.165) is 35.0 Å². The number of fused-ring (bicyclic) bond motifs is 1. The highest BCUT2D eigenvalue weighted by Gasteiger charge is 2.17. The third kappa shape index (κ3) is 2.80. The van der Waals surface area contributed by atoms with Gasteiger partial charge >= 0.3 is 0 Å². The molecule has 3 rings (SSSR count). The summed E-state index contributed by atoms with van der Waals surface area (Å²) in [5.41, 5.74) is 4.36. The number of aromatic nitrogens is 2. The molecule has 6 heteroatoms. The van der Waals surface area contributed by atoms with E-state index < -0.39 is 0 Å². The molecule has 2 heterocycles. The number of hydrogen-bond acceptors (Lipinski definition) is 5. The van der Waals surface area contributed by atoms with Gasteiger partial charge in [0.2, 0.25) is 6.79 Å². The van der Waals surface area contributed by atoms with Crippen molar-refractivity contribution in [2.75, 3.05) is 13.4 Å². The van der Waals surface area contributed by atoms with Crippen molar-refractivity contribution in [1.29, 1.82) is 0 Å². The number of ether oxygens (including phenoxy) is 2. The molecule has 22 heavy (non-hydrogen) atoms. The second kappa shape index (κ2) is 6.37. The van der Waals surface area contributed by atoms with Gasteiger partial charge in [-0.25, -0.2) is 0 Å². The van der Waals surface area contributed by atoms with E-state index in [1.165, 1.54) is 5.56 Å². The quantitative estimate of drug-likeness (QED) is 0.846. The first-order chi connectivity index (χ1) is 10.7. The van der Waals surface area contributed by atoms with Crippen molar-refractivity contribution in [3.63, 3.8) is 0 Å². The van der Waals surface area contributed by atoms with Gasteiger partial charge in [0.15, 0.2) is 11.5 Å². The fourth-order valence-corrected chi connectivity index (χ4v) is 2.75. The normalized spacial score (nSPS) is 12.9. The Balaban J connectivity index is 1.66. The van der Waals surface area contributed by atoms with Crippen molar-refractivity contribution in [2.24, 2.45) is 0 Å². The van der Waals surface area contributed by atoms with Gasteiger partial charge in [-0.3, -0.25) is 4.68 Å². The highest BCUT2D eigenvalue weighted by Crippen LogP contribution is 2.35. The van der Waals surface area contributed by atoms with Crippen molar-refractivity contribution in [2.45, 2.75) is 33.5 Å². The standard InChI is InChI=1S/C16H21N3O3/c1-11-14(12(2)19(18-11)6-7-20)9-17-8-13-4-3-5-15-16(13)22-10-21-15/h3-5,17,20H,6-10H2,1-2H3. The van der Waals surface area contributed by atoms with Gasteiger partial charge in [0.25, 0.3) is 0 Å². The Morgan fingerprint density at radius 1 is 1.27 bits per heavy atom. The maximum absolute atomic E-state index is 9.06. The monoisotopic (exact) mass is 303 g/mol. The van der Waals surface area contributed by atoms with Crippen LogP contribution < -0.4 is 14.8 Å². The van der Waals surface area contributed by atoms with Crippen molar-refractivity contribution in [3.8, 4) is 11.5 Å². The molecule has 6 nitrogen and oxygen atoms in total. The number of nitrogens with one attached hydrogen (secondary N) is 1. The summed E-state index contributed by atoms with van der Waals surface area (Å²) >= 11 is 0. The maximum Gasteiger partial charge on any atom is 0.231 e. The van der Waals surface area contributed by atoms with Crippen LogP contribution in [0.4, 0.5) is 0 Å². The lowest BCUT2D eigenvalue weighted by Gasteiger charge is -2.08. The van der Waals surface area contributed by atoms with E-state index in [1.807, 2.05) is 36.7 Å². The molecule has 0 radical (unpaired) electrons. The van der Waals surface area contributed by atoms with E-state index >= 15 is 0 Å². The van der Waals surface area contributed by atoms with Gasteiger partial charge in [0, 0.05) is 29.9 Å². The lowest BCUT2D eigenvalue weighted by atomic mass is 10.1. The second-order valence-electron chi connectivity index (χ2n) is 5.35. The van der Waals surface area contributed by atoms with Gasteiger partial charge in [0.1, 0.15) is 0 Å². The number of hydrogen-bond donors (Lipinski definition) is 2. The molecule has 0 saturated heterocycles. The minimum absolute atomic E-state index is 0.0995. The molecule has 1 aromatic heterocycles. The molecule has 0 amide bonds. The number of aryl methyl sites for hydroxylation is 1. The summed E-state index contributed by atoms with van der Waals surface area (Å²) in [6.45, 7) is 6.38. The average molecular weight is 303 g/mol. The summed E-state index contributed by atoms with van der Waals surface area (Å²) in [5.74, 6) is 1.64. The van der Waals surface area contributed by atoms with E-state index in [2.05, 4.69) is 10.4 Å². The Hall–Kier alpha value is -2.05. The van der Waals surface area contributed by atoms with Crippen LogP contribution >= 0.6 is 0 Å². The Bertz CT molecular complexity index is 667. The number of aliphatic hydroxyl groups excluding tert-OH is 1. The SMILES string of the molecule is Cc1nn(CCO)c(C)c1CNCc1cccc2c1OCO2. The highest BCUT2D eigenvalue weighted by atomic mass is 16.7. The summed E-state index contributed by atoms with van der Waals surface area (Å²) in [6.07, 6.45) is 0. The minimum Gasteiger partial charge on any atom is -0.454 e. The largest absolute Gasteiger partial charge is 0.454 e. The van der Waals surface area contributed by atoms with Crippen LogP contribution in [0, 0.1) is 13.8 Å². The molecule has 1 aromatic carbocycles. The molecule has 1 aliphatic rings. The molecule has 0 bridgehead atoms. The van der Waals surface area contributed by atoms with Crippen LogP contribution in [-0.4, -0.2) is 28.3 Å². The molecule has 0 spiro atoms. The Labute approximate surface area is 129 Å². The molecule has 1 aliphatic heterocycles. The second-order valence-corrected chi connectivity index (χ2v) is 5.35. The topological polar surface area (TPSA) is 68.5 Å². The average Bonchev–Trinajstić information content (AvgIpc) is 3.08. The molecule has 0 atom stereocenters. The highest BCUT2D eigenvalue weighted by molar-refractivity contribution is 5.48. The molecular weight excluding hydrogens is 282 g/mol. The maximum atomic E-state index is 9.06. The molecule has 0 aliphatic carbocycles. The Morgan fingerprint density at radius 3 is 2.95 bits per heavy atom. The zero-order valence-corrected chi connectivity index (χ0v) is 12.9. The Morgan fingerprint density at radius 2 is 2.14 bits per heavy atom. The zero-order valence-electron chi connectivity index (χ0n) is 12.9. The first-order valence-corrected chi connectivity index (χ1v) is 7.42. The van der Waals surface area contributed by atoms with E-state index in [-0.39, 0.29) is 6.61 Å². The van der Waals surface area contributed by atoms with Gasteiger partial charge in [-0.05, 0) is 19.9 Å². The first-order valence-electron chi connectivity index (χ1n) is 7.42. The van der Waals surface area contributed by atoms with Crippen molar-refractivity contribution >= 4 is 0 Å². The summed E-state index contributed by atoms with van der Waals surface area (Å²) in [6, 6.07) is 5.93. The van der Waals surface area contributed by atoms with Crippen LogP contribution in [0.15, 0.2) is 18.2 Å². The molecule has 0 unspecified atom stereocenters. The number of benzene rings is 1. The summed E-state index contributed by atoms with van der Waals surface area (Å²) in [5, 5.41) is 16.9. The molecule has 0 fully saturated rings. The third-order valence-corrected chi connectivity index (χ3v) is 3.94.